The molecule has 0 radical (unpaired) electrons. The van der Waals surface area contributed by atoms with Crippen LogP contribution in [-0.2, 0) is 4.79 Å². The van der Waals surface area contributed by atoms with Gasteiger partial charge in [0.15, 0.2) is 5.58 Å². The second kappa shape index (κ2) is 7.20. The van der Waals surface area contributed by atoms with Gasteiger partial charge in [-0.15, -0.1) is 0 Å². The Morgan fingerprint density at radius 2 is 2.00 bits per heavy atom. The van der Waals surface area contributed by atoms with E-state index in [2.05, 4.69) is 15.7 Å². The summed E-state index contributed by atoms with van der Waals surface area (Å²) in [6.07, 6.45) is 1.35. The fourth-order valence-corrected chi connectivity index (χ4v) is 4.67. The lowest BCUT2D eigenvalue weighted by molar-refractivity contribution is -0.131. The first-order chi connectivity index (χ1) is 14.1. The molecule has 29 heavy (non-hydrogen) atoms. The minimum atomic E-state index is -0.271. The molecule has 3 heterocycles. The molecule has 8 heteroatoms. The smallest absolute Gasteiger partial charge is 0.264 e. The highest BCUT2D eigenvalue weighted by molar-refractivity contribution is 7.99. The van der Waals surface area contributed by atoms with Gasteiger partial charge in [-0.3, -0.25) is 9.80 Å². The van der Waals surface area contributed by atoms with Gasteiger partial charge in [0.2, 0.25) is 0 Å². The second-order valence-electron chi connectivity index (χ2n) is 7.20. The Kier molecular flexibility index (Phi) is 4.52. The van der Waals surface area contributed by atoms with Crippen molar-refractivity contribution in [1.82, 2.24) is 20.7 Å². The summed E-state index contributed by atoms with van der Waals surface area (Å²) < 4.78 is 19.1. The summed E-state index contributed by atoms with van der Waals surface area (Å²) in [5.41, 5.74) is 6.57. The molecule has 3 atom stereocenters. The second-order valence-corrected chi connectivity index (χ2v) is 8.12. The van der Waals surface area contributed by atoms with E-state index < -0.39 is 0 Å². The molecular formula is C21H19FN4O2S. The summed E-state index contributed by atoms with van der Waals surface area (Å²) in [6.45, 7) is 2.02. The van der Waals surface area contributed by atoms with Gasteiger partial charge < -0.3 is 9.73 Å². The highest BCUT2D eigenvalue weighted by Crippen LogP contribution is 2.34. The van der Waals surface area contributed by atoms with Crippen molar-refractivity contribution in [2.24, 2.45) is 0 Å². The first kappa shape index (κ1) is 18.2. The zero-order valence-corrected chi connectivity index (χ0v) is 16.4. The summed E-state index contributed by atoms with van der Waals surface area (Å²) >= 11 is 1.44. The van der Waals surface area contributed by atoms with Crippen LogP contribution < -0.4 is 10.7 Å². The van der Waals surface area contributed by atoms with Gasteiger partial charge in [-0.25, -0.2) is 14.8 Å². The molecule has 2 aromatic carbocycles. The molecule has 2 N–H and O–H groups in total. The van der Waals surface area contributed by atoms with Gasteiger partial charge in [0.25, 0.3) is 11.1 Å². The SMILES string of the molecule is CC1NN2C(=O)C=C(CSc3nc4ccccc4o3)NC2C1c1ccc(F)cc1. The van der Waals surface area contributed by atoms with E-state index in [1.807, 2.05) is 31.2 Å². The summed E-state index contributed by atoms with van der Waals surface area (Å²) in [4.78, 5) is 17.1. The minimum absolute atomic E-state index is 0.00224. The number of carbonyl (C=O) groups excluding carboxylic acids is 1. The van der Waals surface area contributed by atoms with Crippen molar-refractivity contribution in [3.63, 3.8) is 0 Å². The summed E-state index contributed by atoms with van der Waals surface area (Å²) in [5.74, 6) is 0.163. The molecule has 3 unspecified atom stereocenters. The predicted octanol–water partition coefficient (Wildman–Crippen LogP) is 3.39. The predicted molar refractivity (Wildman–Crippen MR) is 108 cm³/mol. The number of hydrogen-bond acceptors (Lipinski definition) is 6. The van der Waals surface area contributed by atoms with Crippen molar-refractivity contribution >= 4 is 28.8 Å². The zero-order chi connectivity index (χ0) is 20.0. The number of oxazole rings is 1. The van der Waals surface area contributed by atoms with E-state index in [0.29, 0.717) is 11.0 Å². The molecule has 1 saturated heterocycles. The average Bonchev–Trinajstić information content (AvgIpc) is 3.28. The number of hydrazine groups is 1. The van der Waals surface area contributed by atoms with Gasteiger partial charge in [-0.2, -0.15) is 0 Å². The summed E-state index contributed by atoms with van der Waals surface area (Å²) in [7, 11) is 0. The summed E-state index contributed by atoms with van der Waals surface area (Å²) in [6, 6.07) is 14.1. The largest absolute Gasteiger partial charge is 0.431 e. The van der Waals surface area contributed by atoms with Gasteiger partial charge in [-0.1, -0.05) is 36.0 Å². The number of thioether (sulfide) groups is 1. The van der Waals surface area contributed by atoms with Crippen LogP contribution in [0, 0.1) is 5.82 Å². The molecule has 148 valence electrons. The number of benzene rings is 2. The first-order valence-corrected chi connectivity index (χ1v) is 10.4. The Labute approximate surface area is 171 Å². The third-order valence-electron chi connectivity index (χ3n) is 5.25. The molecule has 6 nitrogen and oxygen atoms in total. The summed E-state index contributed by atoms with van der Waals surface area (Å²) in [5, 5.41) is 5.65. The van der Waals surface area contributed by atoms with Gasteiger partial charge in [0.1, 0.15) is 17.5 Å². The van der Waals surface area contributed by atoms with Crippen LogP contribution in [0.3, 0.4) is 0 Å². The highest BCUT2D eigenvalue weighted by Gasteiger charge is 2.44. The van der Waals surface area contributed by atoms with E-state index >= 15 is 0 Å². The molecule has 0 bridgehead atoms. The number of amides is 1. The van der Waals surface area contributed by atoms with Crippen LogP contribution in [0.1, 0.15) is 18.4 Å². The Morgan fingerprint density at radius 3 is 2.79 bits per heavy atom. The molecule has 2 aliphatic rings. The number of nitrogens with zero attached hydrogens (tertiary/aromatic N) is 2. The van der Waals surface area contributed by atoms with Crippen molar-refractivity contribution in [2.75, 3.05) is 5.75 Å². The van der Waals surface area contributed by atoms with Crippen LogP contribution in [0.2, 0.25) is 0 Å². The van der Waals surface area contributed by atoms with Gasteiger partial charge >= 0.3 is 0 Å². The van der Waals surface area contributed by atoms with Gasteiger partial charge in [-0.05, 0) is 36.8 Å². The Morgan fingerprint density at radius 1 is 1.21 bits per heavy atom. The fourth-order valence-electron chi connectivity index (χ4n) is 3.91. The Balaban J connectivity index is 1.34. The molecule has 1 amide bonds. The van der Waals surface area contributed by atoms with Gasteiger partial charge in [0, 0.05) is 29.5 Å². The molecule has 1 aromatic heterocycles. The molecule has 5 rings (SSSR count). The minimum Gasteiger partial charge on any atom is -0.431 e. The van der Waals surface area contributed by atoms with Crippen LogP contribution in [0.15, 0.2) is 69.9 Å². The standard InChI is InChI=1S/C21H19FN4O2S/c1-12-19(13-6-8-14(22)9-7-13)20-23-15(10-18(27)26(20)25-12)11-29-21-24-16-4-2-3-5-17(16)28-21/h2-10,12,19-20,23,25H,11H2,1H3. The third kappa shape index (κ3) is 3.38. The van der Waals surface area contributed by atoms with Crippen molar-refractivity contribution in [1.29, 1.82) is 0 Å². The number of carbonyl (C=O) groups is 1. The van der Waals surface area contributed by atoms with Crippen LogP contribution in [0.25, 0.3) is 11.1 Å². The van der Waals surface area contributed by atoms with Crippen molar-refractivity contribution in [3.05, 3.63) is 71.7 Å². The number of aromatic nitrogens is 1. The maximum Gasteiger partial charge on any atom is 0.264 e. The Hall–Kier alpha value is -2.84. The van der Waals surface area contributed by atoms with E-state index in [9.17, 15) is 9.18 Å². The van der Waals surface area contributed by atoms with Gasteiger partial charge in [0.05, 0.1) is 0 Å². The molecular weight excluding hydrogens is 391 g/mol. The average molecular weight is 410 g/mol. The lowest BCUT2D eigenvalue weighted by atomic mass is 9.90. The molecule has 2 aliphatic heterocycles. The molecule has 3 aromatic rings. The lowest BCUT2D eigenvalue weighted by Gasteiger charge is -2.33. The van der Waals surface area contributed by atoms with Crippen molar-refractivity contribution in [3.8, 4) is 0 Å². The van der Waals surface area contributed by atoms with Crippen LogP contribution in [0.5, 0.6) is 0 Å². The normalized spacial score (nSPS) is 23.8. The number of rotatable bonds is 4. The molecule has 1 fully saturated rings. The first-order valence-electron chi connectivity index (χ1n) is 9.39. The Bertz CT molecular complexity index is 1060. The number of para-hydroxylation sites is 2. The van der Waals surface area contributed by atoms with E-state index in [4.69, 9.17) is 4.42 Å². The van der Waals surface area contributed by atoms with Crippen LogP contribution in [0.4, 0.5) is 4.39 Å². The third-order valence-corrected chi connectivity index (χ3v) is 6.13. The van der Waals surface area contributed by atoms with Crippen LogP contribution >= 0.6 is 11.8 Å². The van der Waals surface area contributed by atoms with Crippen molar-refractivity contribution in [2.45, 2.75) is 30.3 Å². The topological polar surface area (TPSA) is 70.4 Å². The number of halogens is 1. The zero-order valence-electron chi connectivity index (χ0n) is 15.6. The highest BCUT2D eigenvalue weighted by atomic mass is 32.2. The molecule has 0 saturated carbocycles. The molecule has 0 spiro atoms. The quantitative estimate of drug-likeness (QED) is 0.643. The lowest BCUT2D eigenvalue weighted by Crippen LogP contribution is -2.53. The molecule has 0 aliphatic carbocycles. The van der Waals surface area contributed by atoms with E-state index in [0.717, 1.165) is 22.4 Å². The fraction of sp³-hybridized carbons (Fsp3) is 0.238. The maximum absolute atomic E-state index is 13.3. The number of nitrogens with one attached hydrogen (secondary N) is 2. The number of fused-ring (bicyclic) bond motifs is 2. The van der Waals surface area contributed by atoms with E-state index in [-0.39, 0.29) is 29.8 Å². The monoisotopic (exact) mass is 410 g/mol. The number of hydrogen-bond donors (Lipinski definition) is 2. The van der Waals surface area contributed by atoms with Crippen LogP contribution in [-0.4, -0.2) is 33.9 Å². The maximum atomic E-state index is 13.3. The van der Waals surface area contributed by atoms with E-state index in [1.54, 1.807) is 23.2 Å². The van der Waals surface area contributed by atoms with E-state index in [1.165, 1.54) is 23.9 Å². The van der Waals surface area contributed by atoms with Crippen molar-refractivity contribution < 1.29 is 13.6 Å².